The molecule has 0 radical (unpaired) electrons. The van der Waals surface area contributed by atoms with Crippen LogP contribution in [0.5, 0.6) is 11.5 Å². The summed E-state index contributed by atoms with van der Waals surface area (Å²) in [5, 5.41) is 2.65. The van der Waals surface area contributed by atoms with Crippen molar-refractivity contribution in [1.82, 2.24) is 10.3 Å². The summed E-state index contributed by atoms with van der Waals surface area (Å²) in [6.45, 7) is 1.34. The SMILES string of the molecule is O=C(NCCc1ccc2c(c1)OCCO2)c1ccc(C(F)(F)F)nc1. The van der Waals surface area contributed by atoms with Gasteiger partial charge in [-0.1, -0.05) is 6.07 Å². The van der Waals surface area contributed by atoms with Crippen LogP contribution in [0, 0.1) is 0 Å². The van der Waals surface area contributed by atoms with E-state index in [9.17, 15) is 18.0 Å². The second-order valence-corrected chi connectivity index (χ2v) is 5.41. The number of aromatic nitrogens is 1. The topological polar surface area (TPSA) is 60.5 Å². The van der Waals surface area contributed by atoms with Crippen molar-refractivity contribution in [3.63, 3.8) is 0 Å². The second-order valence-electron chi connectivity index (χ2n) is 5.41. The number of hydrogen-bond acceptors (Lipinski definition) is 4. The van der Waals surface area contributed by atoms with Crippen LogP contribution in [0.4, 0.5) is 13.2 Å². The maximum absolute atomic E-state index is 12.4. The fraction of sp³-hybridized carbons (Fsp3) is 0.294. The molecule has 0 aliphatic carbocycles. The number of hydrogen-bond donors (Lipinski definition) is 1. The molecule has 2 aromatic rings. The molecule has 2 heterocycles. The highest BCUT2D eigenvalue weighted by Gasteiger charge is 2.32. The molecule has 5 nitrogen and oxygen atoms in total. The molecular weight excluding hydrogens is 337 g/mol. The summed E-state index contributed by atoms with van der Waals surface area (Å²) in [7, 11) is 0. The zero-order chi connectivity index (χ0) is 17.9. The van der Waals surface area contributed by atoms with Gasteiger partial charge in [0.1, 0.15) is 18.9 Å². The van der Waals surface area contributed by atoms with Crippen molar-refractivity contribution in [2.24, 2.45) is 0 Å². The Bertz CT molecular complexity index is 761. The van der Waals surface area contributed by atoms with Crippen LogP contribution in [0.15, 0.2) is 36.5 Å². The molecule has 1 aromatic carbocycles. The van der Waals surface area contributed by atoms with E-state index >= 15 is 0 Å². The monoisotopic (exact) mass is 352 g/mol. The van der Waals surface area contributed by atoms with E-state index in [4.69, 9.17) is 9.47 Å². The highest BCUT2D eigenvalue weighted by atomic mass is 19.4. The van der Waals surface area contributed by atoms with Gasteiger partial charge >= 0.3 is 6.18 Å². The minimum absolute atomic E-state index is 0.0789. The van der Waals surface area contributed by atoms with E-state index in [0.717, 1.165) is 23.9 Å². The number of pyridine rings is 1. The van der Waals surface area contributed by atoms with Gasteiger partial charge < -0.3 is 14.8 Å². The third-order valence-electron chi connectivity index (χ3n) is 3.62. The number of amides is 1. The van der Waals surface area contributed by atoms with E-state index in [1.807, 2.05) is 18.2 Å². The summed E-state index contributed by atoms with van der Waals surface area (Å²) in [4.78, 5) is 15.2. The van der Waals surface area contributed by atoms with Crippen molar-refractivity contribution < 1.29 is 27.4 Å². The number of nitrogens with zero attached hydrogens (tertiary/aromatic N) is 1. The molecule has 0 fully saturated rings. The summed E-state index contributed by atoms with van der Waals surface area (Å²) in [6.07, 6.45) is -3.05. The van der Waals surface area contributed by atoms with Crippen LogP contribution in [0.2, 0.25) is 0 Å². The van der Waals surface area contributed by atoms with Gasteiger partial charge in [0.2, 0.25) is 0 Å². The lowest BCUT2D eigenvalue weighted by Crippen LogP contribution is -2.26. The van der Waals surface area contributed by atoms with Crippen molar-refractivity contribution in [2.45, 2.75) is 12.6 Å². The van der Waals surface area contributed by atoms with Gasteiger partial charge in [-0.15, -0.1) is 0 Å². The molecule has 3 rings (SSSR count). The first-order chi connectivity index (χ1) is 11.9. The molecule has 0 spiro atoms. The summed E-state index contributed by atoms with van der Waals surface area (Å²) in [5.74, 6) is 0.885. The molecule has 0 atom stereocenters. The first-order valence-electron chi connectivity index (χ1n) is 7.63. The fourth-order valence-electron chi connectivity index (χ4n) is 2.36. The molecule has 1 amide bonds. The van der Waals surface area contributed by atoms with Gasteiger partial charge in [-0.2, -0.15) is 13.2 Å². The first kappa shape index (κ1) is 17.1. The average molecular weight is 352 g/mol. The largest absolute Gasteiger partial charge is 0.486 e. The minimum Gasteiger partial charge on any atom is -0.486 e. The summed E-state index contributed by atoms with van der Waals surface area (Å²) in [6, 6.07) is 7.43. The maximum Gasteiger partial charge on any atom is 0.433 e. The average Bonchev–Trinajstić information content (AvgIpc) is 2.61. The van der Waals surface area contributed by atoms with Crippen molar-refractivity contribution in [1.29, 1.82) is 0 Å². The molecule has 25 heavy (non-hydrogen) atoms. The number of benzene rings is 1. The van der Waals surface area contributed by atoms with Crippen molar-refractivity contribution in [3.05, 3.63) is 53.3 Å². The Labute approximate surface area is 141 Å². The second kappa shape index (κ2) is 7.00. The van der Waals surface area contributed by atoms with E-state index in [-0.39, 0.29) is 5.56 Å². The Kier molecular flexibility index (Phi) is 4.78. The van der Waals surface area contributed by atoms with Crippen LogP contribution in [-0.4, -0.2) is 30.6 Å². The molecule has 132 valence electrons. The van der Waals surface area contributed by atoms with E-state index in [1.54, 1.807) is 0 Å². The smallest absolute Gasteiger partial charge is 0.433 e. The predicted octanol–water partition coefficient (Wildman–Crippen LogP) is 2.84. The Morgan fingerprint density at radius 2 is 1.88 bits per heavy atom. The van der Waals surface area contributed by atoms with E-state index in [1.165, 1.54) is 0 Å². The number of fused-ring (bicyclic) bond motifs is 1. The van der Waals surface area contributed by atoms with Crippen molar-refractivity contribution in [3.8, 4) is 11.5 Å². The van der Waals surface area contributed by atoms with Gasteiger partial charge in [0, 0.05) is 12.7 Å². The van der Waals surface area contributed by atoms with Crippen LogP contribution in [0.25, 0.3) is 0 Å². The lowest BCUT2D eigenvalue weighted by molar-refractivity contribution is -0.141. The number of rotatable bonds is 4. The number of alkyl halides is 3. The normalized spacial score (nSPS) is 13.4. The fourth-order valence-corrected chi connectivity index (χ4v) is 2.36. The number of carbonyl (C=O) groups excluding carboxylic acids is 1. The molecule has 0 unspecified atom stereocenters. The highest BCUT2D eigenvalue weighted by molar-refractivity contribution is 5.93. The van der Waals surface area contributed by atoms with Crippen LogP contribution >= 0.6 is 0 Å². The van der Waals surface area contributed by atoms with Crippen LogP contribution in [0.1, 0.15) is 21.6 Å². The standard InChI is InChI=1S/C17H15F3N2O3/c18-17(19,20)15-4-2-12(10-22-15)16(23)21-6-5-11-1-3-13-14(9-11)25-8-7-24-13/h1-4,9-10H,5-8H2,(H,21,23). The number of halogens is 3. The van der Waals surface area contributed by atoms with Crippen LogP contribution in [-0.2, 0) is 12.6 Å². The first-order valence-corrected chi connectivity index (χ1v) is 7.63. The number of ether oxygens (including phenoxy) is 2. The summed E-state index contributed by atoms with van der Waals surface area (Å²) >= 11 is 0. The molecule has 8 heteroatoms. The Balaban J connectivity index is 1.54. The Morgan fingerprint density at radius 1 is 1.12 bits per heavy atom. The molecule has 1 aliphatic heterocycles. The lowest BCUT2D eigenvalue weighted by Gasteiger charge is -2.18. The Hall–Kier alpha value is -2.77. The molecule has 0 saturated heterocycles. The minimum atomic E-state index is -4.52. The van der Waals surface area contributed by atoms with Crippen LogP contribution in [0.3, 0.4) is 0 Å². The summed E-state index contributed by atoms with van der Waals surface area (Å²) in [5.41, 5.74) is 0.00518. The third kappa shape index (κ3) is 4.20. The molecule has 1 N–H and O–H groups in total. The van der Waals surface area contributed by atoms with Gasteiger partial charge in [-0.3, -0.25) is 9.78 Å². The quantitative estimate of drug-likeness (QED) is 0.919. The predicted molar refractivity (Wildman–Crippen MR) is 82.7 cm³/mol. The Morgan fingerprint density at radius 3 is 2.56 bits per heavy atom. The van der Waals surface area contributed by atoms with Crippen LogP contribution < -0.4 is 14.8 Å². The van der Waals surface area contributed by atoms with E-state index < -0.39 is 17.8 Å². The zero-order valence-corrected chi connectivity index (χ0v) is 13.1. The molecular formula is C17H15F3N2O3. The third-order valence-corrected chi connectivity index (χ3v) is 3.62. The highest BCUT2D eigenvalue weighted by Crippen LogP contribution is 2.30. The van der Waals surface area contributed by atoms with Gasteiger partial charge in [0.05, 0.1) is 5.56 Å². The molecule has 1 aliphatic rings. The lowest BCUT2D eigenvalue weighted by atomic mass is 10.1. The molecule has 1 aromatic heterocycles. The van der Waals surface area contributed by atoms with E-state index in [2.05, 4.69) is 10.3 Å². The van der Waals surface area contributed by atoms with Gasteiger partial charge in [-0.25, -0.2) is 0 Å². The van der Waals surface area contributed by atoms with Gasteiger partial charge in [0.15, 0.2) is 11.5 Å². The number of carbonyl (C=O) groups is 1. The number of nitrogens with one attached hydrogen (secondary N) is 1. The molecule has 0 saturated carbocycles. The zero-order valence-electron chi connectivity index (χ0n) is 13.1. The molecule has 0 bridgehead atoms. The maximum atomic E-state index is 12.4. The van der Waals surface area contributed by atoms with Crippen molar-refractivity contribution >= 4 is 5.91 Å². The summed E-state index contributed by atoms with van der Waals surface area (Å²) < 4.78 is 48.3. The van der Waals surface area contributed by atoms with Gasteiger partial charge in [0.25, 0.3) is 5.91 Å². The van der Waals surface area contributed by atoms with Gasteiger partial charge in [-0.05, 0) is 36.2 Å². The van der Waals surface area contributed by atoms with Crippen molar-refractivity contribution in [2.75, 3.05) is 19.8 Å². The van der Waals surface area contributed by atoms with E-state index in [0.29, 0.717) is 37.7 Å².